The second kappa shape index (κ2) is 5.83. The molecule has 3 atom stereocenters. The summed E-state index contributed by atoms with van der Waals surface area (Å²) in [4.78, 5) is 15.6. The van der Waals surface area contributed by atoms with Crippen molar-refractivity contribution in [3.8, 4) is 0 Å². The number of aliphatic hydroxyl groups excluding tert-OH is 1. The van der Waals surface area contributed by atoms with Gasteiger partial charge < -0.3 is 20.0 Å². The maximum Gasteiger partial charge on any atom is 0.268 e. The zero-order chi connectivity index (χ0) is 16.7. The quantitative estimate of drug-likeness (QED) is 0.674. The molecule has 4 rings (SSSR count). The number of nitrogens with zero attached hydrogens (tertiary/aromatic N) is 3. The van der Waals surface area contributed by atoms with E-state index in [-0.39, 0.29) is 11.9 Å². The molecule has 3 N–H and O–H groups in total. The van der Waals surface area contributed by atoms with Crippen molar-refractivity contribution in [2.45, 2.75) is 31.5 Å². The molecule has 0 radical (unpaired) electrons. The topological polar surface area (TPSA) is 87.9 Å². The average molecular weight is 327 g/mol. The van der Waals surface area contributed by atoms with Gasteiger partial charge in [0.1, 0.15) is 5.69 Å². The van der Waals surface area contributed by atoms with E-state index in [1.807, 2.05) is 46.9 Å². The minimum absolute atomic E-state index is 0.171. The van der Waals surface area contributed by atoms with Crippen molar-refractivity contribution in [3.63, 3.8) is 0 Å². The highest BCUT2D eigenvalue weighted by Crippen LogP contribution is 2.28. The van der Waals surface area contributed by atoms with Crippen LogP contribution < -0.4 is 5.32 Å². The van der Waals surface area contributed by atoms with Gasteiger partial charge in [0.05, 0.1) is 23.2 Å². The predicted molar refractivity (Wildman–Crippen MR) is 89.5 cm³/mol. The Balaban J connectivity index is 1.41. The third-order valence-electron chi connectivity index (χ3n) is 4.86. The predicted octanol–water partition coefficient (Wildman–Crippen LogP) is 1.27. The fourth-order valence-corrected chi connectivity index (χ4v) is 3.61. The van der Waals surface area contributed by atoms with Crippen molar-refractivity contribution in [1.82, 2.24) is 24.6 Å². The number of carbonyl (C=O) groups excluding carboxylic acids is 1. The van der Waals surface area contributed by atoms with Gasteiger partial charge in [-0.15, -0.1) is 0 Å². The molecule has 3 heterocycles. The van der Waals surface area contributed by atoms with E-state index in [9.17, 15) is 9.90 Å². The maximum absolute atomic E-state index is 12.5. The second-order valence-corrected chi connectivity index (χ2v) is 6.62. The third kappa shape index (κ3) is 2.71. The van der Waals surface area contributed by atoms with Crippen LogP contribution in [0.4, 0.5) is 0 Å². The van der Waals surface area contributed by atoms with Crippen LogP contribution in [0.2, 0.25) is 0 Å². The van der Waals surface area contributed by atoms with Gasteiger partial charge in [-0.25, -0.2) is 0 Å². The van der Waals surface area contributed by atoms with Crippen molar-refractivity contribution in [2.24, 2.45) is 13.0 Å². The molecule has 0 bridgehead atoms. The first-order chi connectivity index (χ1) is 11.6. The van der Waals surface area contributed by atoms with Gasteiger partial charge in [-0.2, -0.15) is 5.10 Å². The van der Waals surface area contributed by atoms with Crippen LogP contribution in [0.25, 0.3) is 11.0 Å². The molecule has 0 aliphatic heterocycles. The zero-order valence-electron chi connectivity index (χ0n) is 13.5. The van der Waals surface area contributed by atoms with Crippen LogP contribution in [-0.4, -0.2) is 42.5 Å². The number of hydrogen-bond donors (Lipinski definition) is 3. The van der Waals surface area contributed by atoms with Crippen molar-refractivity contribution in [2.75, 3.05) is 0 Å². The normalized spacial score (nSPS) is 23.8. The highest BCUT2D eigenvalue weighted by molar-refractivity contribution is 5.97. The summed E-state index contributed by atoms with van der Waals surface area (Å²) >= 11 is 0. The molecule has 0 saturated heterocycles. The number of aliphatic hydroxyl groups is 1. The van der Waals surface area contributed by atoms with Crippen LogP contribution in [0.3, 0.4) is 0 Å². The first-order valence-corrected chi connectivity index (χ1v) is 8.20. The molecule has 1 fully saturated rings. The van der Waals surface area contributed by atoms with E-state index in [1.54, 1.807) is 6.20 Å². The van der Waals surface area contributed by atoms with Gasteiger partial charge >= 0.3 is 0 Å². The Labute approximate surface area is 139 Å². The van der Waals surface area contributed by atoms with E-state index < -0.39 is 6.10 Å². The molecule has 3 aromatic heterocycles. The molecule has 7 nitrogen and oxygen atoms in total. The van der Waals surface area contributed by atoms with Crippen LogP contribution in [0, 0.1) is 5.92 Å². The Morgan fingerprint density at radius 3 is 3.08 bits per heavy atom. The number of aromatic nitrogens is 4. The van der Waals surface area contributed by atoms with E-state index in [1.165, 1.54) is 0 Å². The molecule has 126 valence electrons. The minimum Gasteiger partial charge on any atom is -0.391 e. The molecule has 1 unspecified atom stereocenters. The fraction of sp³-hybridized carbons (Fsp3) is 0.412. The highest BCUT2D eigenvalue weighted by Gasteiger charge is 2.34. The van der Waals surface area contributed by atoms with Crippen LogP contribution >= 0.6 is 0 Å². The van der Waals surface area contributed by atoms with Crippen LogP contribution in [0.1, 0.15) is 23.3 Å². The van der Waals surface area contributed by atoms with Crippen molar-refractivity contribution in [3.05, 3.63) is 42.5 Å². The van der Waals surface area contributed by atoms with E-state index in [2.05, 4.69) is 15.4 Å². The lowest BCUT2D eigenvalue weighted by molar-refractivity contribution is 0.0868. The van der Waals surface area contributed by atoms with Gasteiger partial charge in [0, 0.05) is 32.2 Å². The summed E-state index contributed by atoms with van der Waals surface area (Å²) < 4.78 is 3.84. The summed E-state index contributed by atoms with van der Waals surface area (Å²) in [6.07, 6.45) is 6.54. The zero-order valence-corrected chi connectivity index (χ0v) is 13.5. The SMILES string of the molecule is Cn1ccc2[nH]c(C(=O)N[C@@H]3CC(Cn4cccn4)C[C@H]3O)cc21. The molecular weight excluding hydrogens is 306 g/mol. The van der Waals surface area contributed by atoms with Gasteiger partial charge in [-0.05, 0) is 37.0 Å². The second-order valence-electron chi connectivity index (χ2n) is 6.62. The summed E-state index contributed by atoms with van der Waals surface area (Å²) in [7, 11) is 1.94. The minimum atomic E-state index is -0.515. The Morgan fingerprint density at radius 2 is 2.33 bits per heavy atom. The van der Waals surface area contributed by atoms with E-state index in [0.29, 0.717) is 18.0 Å². The number of carbonyl (C=O) groups is 1. The lowest BCUT2D eigenvalue weighted by atomic mass is 10.1. The summed E-state index contributed by atoms with van der Waals surface area (Å²) in [6, 6.07) is 5.45. The van der Waals surface area contributed by atoms with E-state index in [4.69, 9.17) is 0 Å². The Bertz CT molecular complexity index is 848. The van der Waals surface area contributed by atoms with Crippen LogP contribution in [-0.2, 0) is 13.6 Å². The van der Waals surface area contributed by atoms with Crippen molar-refractivity contribution in [1.29, 1.82) is 0 Å². The number of amides is 1. The van der Waals surface area contributed by atoms with Gasteiger partial charge in [0.2, 0.25) is 0 Å². The van der Waals surface area contributed by atoms with Crippen LogP contribution in [0.5, 0.6) is 0 Å². The molecule has 3 aromatic rings. The largest absolute Gasteiger partial charge is 0.391 e. The van der Waals surface area contributed by atoms with Crippen molar-refractivity contribution < 1.29 is 9.90 Å². The Kier molecular flexibility index (Phi) is 3.65. The van der Waals surface area contributed by atoms with Gasteiger partial charge in [-0.3, -0.25) is 9.48 Å². The number of rotatable bonds is 4. The molecule has 7 heteroatoms. The molecule has 24 heavy (non-hydrogen) atoms. The smallest absolute Gasteiger partial charge is 0.268 e. The van der Waals surface area contributed by atoms with Gasteiger partial charge in [0.25, 0.3) is 5.91 Å². The first kappa shape index (κ1) is 15.0. The number of aryl methyl sites for hydroxylation is 1. The average Bonchev–Trinajstić information content (AvgIpc) is 3.29. The number of aromatic amines is 1. The molecular formula is C17H21N5O2. The number of nitrogens with one attached hydrogen (secondary N) is 2. The van der Waals surface area contributed by atoms with E-state index in [0.717, 1.165) is 24.0 Å². The van der Waals surface area contributed by atoms with Gasteiger partial charge in [-0.1, -0.05) is 0 Å². The number of H-pyrrole nitrogens is 1. The fourth-order valence-electron chi connectivity index (χ4n) is 3.61. The maximum atomic E-state index is 12.5. The number of fused-ring (bicyclic) bond motifs is 1. The standard InChI is InChI=1S/C17H21N5O2/c1-21-6-3-12-15(21)9-14(19-12)17(24)20-13-7-11(8-16(13)23)10-22-5-2-4-18-22/h2-6,9,11,13,16,19,23H,7-8,10H2,1H3,(H,20,24)/t11?,13-,16-/m1/s1. The summed E-state index contributed by atoms with van der Waals surface area (Å²) in [6.45, 7) is 0.767. The molecule has 1 aliphatic carbocycles. The Hall–Kier alpha value is -2.54. The van der Waals surface area contributed by atoms with Crippen LogP contribution in [0.15, 0.2) is 36.8 Å². The Morgan fingerprint density at radius 1 is 1.46 bits per heavy atom. The molecule has 1 saturated carbocycles. The number of hydrogen-bond acceptors (Lipinski definition) is 3. The molecule has 1 amide bonds. The lowest BCUT2D eigenvalue weighted by Gasteiger charge is -2.15. The third-order valence-corrected chi connectivity index (χ3v) is 4.86. The van der Waals surface area contributed by atoms with Gasteiger partial charge in [0.15, 0.2) is 0 Å². The summed E-state index contributed by atoms with van der Waals surface area (Å²) in [5, 5.41) is 17.4. The molecule has 0 spiro atoms. The first-order valence-electron chi connectivity index (χ1n) is 8.20. The molecule has 0 aromatic carbocycles. The summed E-state index contributed by atoms with van der Waals surface area (Å²) in [5.74, 6) is 0.142. The lowest BCUT2D eigenvalue weighted by Crippen LogP contribution is -2.40. The highest BCUT2D eigenvalue weighted by atomic mass is 16.3. The molecule has 1 aliphatic rings. The monoisotopic (exact) mass is 327 g/mol. The summed E-state index contributed by atoms with van der Waals surface area (Å²) in [5.41, 5.74) is 2.45. The van der Waals surface area contributed by atoms with Crippen molar-refractivity contribution >= 4 is 16.9 Å². The van der Waals surface area contributed by atoms with E-state index >= 15 is 0 Å².